The molecule has 0 atom stereocenters. The molecule has 1 heterocycles. The molecular weight excluding hydrogens is 319 g/mol. The Morgan fingerprint density at radius 3 is 2.04 bits per heavy atom. The van der Waals surface area contributed by atoms with Gasteiger partial charge in [-0.2, -0.15) is 13.2 Å². The average molecular weight is 333 g/mol. The van der Waals surface area contributed by atoms with E-state index < -0.39 is 11.9 Å². The van der Waals surface area contributed by atoms with Gasteiger partial charge in [0.1, 0.15) is 17.2 Å². The van der Waals surface area contributed by atoms with Crippen molar-refractivity contribution in [3.8, 4) is 22.6 Å². The van der Waals surface area contributed by atoms with E-state index in [1.807, 2.05) is 0 Å². The second kappa shape index (κ2) is 6.03. The number of methoxy groups -OCH3 is 2. The molecule has 0 radical (unpaired) electrons. The monoisotopic (exact) mass is 333 g/mol. The first kappa shape index (κ1) is 16.1. The maximum Gasteiger partial charge on any atom is 0.433 e. The predicted octanol–water partition coefficient (Wildman–Crippen LogP) is 4.94. The highest BCUT2D eigenvalue weighted by Gasteiger charge is 2.33. The Labute approximate surface area is 136 Å². The summed E-state index contributed by atoms with van der Waals surface area (Å²) >= 11 is 0. The van der Waals surface area contributed by atoms with Gasteiger partial charge in [0, 0.05) is 5.39 Å². The summed E-state index contributed by atoms with van der Waals surface area (Å²) < 4.78 is 49.8. The molecule has 0 saturated carbocycles. The third kappa shape index (κ3) is 2.99. The number of ether oxygens (including phenoxy) is 2. The Morgan fingerprint density at radius 2 is 1.46 bits per heavy atom. The van der Waals surface area contributed by atoms with E-state index in [2.05, 4.69) is 4.98 Å². The first-order valence-corrected chi connectivity index (χ1v) is 7.13. The van der Waals surface area contributed by atoms with Gasteiger partial charge in [-0.25, -0.2) is 4.98 Å². The Kier molecular flexibility index (Phi) is 4.05. The van der Waals surface area contributed by atoms with Crippen molar-refractivity contribution in [1.82, 2.24) is 4.98 Å². The SMILES string of the molecule is COc1ccc(-c2cc(C(F)(F)F)nc3ccc(OC)cc23)cc1. The lowest BCUT2D eigenvalue weighted by molar-refractivity contribution is -0.140. The zero-order valence-corrected chi connectivity index (χ0v) is 13.0. The van der Waals surface area contributed by atoms with Crippen LogP contribution in [0.3, 0.4) is 0 Å². The summed E-state index contributed by atoms with van der Waals surface area (Å²) in [6.07, 6.45) is -4.52. The lowest BCUT2D eigenvalue weighted by atomic mass is 9.99. The van der Waals surface area contributed by atoms with Crippen LogP contribution in [0.4, 0.5) is 13.2 Å². The summed E-state index contributed by atoms with van der Waals surface area (Å²) in [6.45, 7) is 0. The first-order chi connectivity index (χ1) is 11.4. The normalized spacial score (nSPS) is 11.5. The number of nitrogens with zero attached hydrogens (tertiary/aromatic N) is 1. The highest BCUT2D eigenvalue weighted by Crippen LogP contribution is 2.36. The molecule has 24 heavy (non-hydrogen) atoms. The summed E-state index contributed by atoms with van der Waals surface area (Å²) in [5.74, 6) is 1.18. The van der Waals surface area contributed by atoms with Gasteiger partial charge in [0.2, 0.25) is 0 Å². The summed E-state index contributed by atoms with van der Waals surface area (Å²) in [7, 11) is 3.04. The van der Waals surface area contributed by atoms with Crippen LogP contribution in [-0.2, 0) is 6.18 Å². The number of halogens is 3. The molecule has 124 valence electrons. The minimum absolute atomic E-state index is 0.261. The number of hydrogen-bond donors (Lipinski definition) is 0. The molecule has 0 bridgehead atoms. The molecule has 0 unspecified atom stereocenters. The smallest absolute Gasteiger partial charge is 0.433 e. The van der Waals surface area contributed by atoms with Crippen molar-refractivity contribution in [2.75, 3.05) is 14.2 Å². The maximum atomic E-state index is 13.2. The van der Waals surface area contributed by atoms with E-state index >= 15 is 0 Å². The fourth-order valence-electron chi connectivity index (χ4n) is 2.49. The molecule has 0 aliphatic rings. The fraction of sp³-hybridized carbons (Fsp3) is 0.167. The lowest BCUT2D eigenvalue weighted by Gasteiger charge is -2.13. The molecule has 3 nitrogen and oxygen atoms in total. The van der Waals surface area contributed by atoms with Crippen LogP contribution in [-0.4, -0.2) is 19.2 Å². The largest absolute Gasteiger partial charge is 0.497 e. The molecule has 0 spiro atoms. The van der Waals surface area contributed by atoms with E-state index in [4.69, 9.17) is 9.47 Å². The number of pyridine rings is 1. The highest BCUT2D eigenvalue weighted by molar-refractivity contribution is 5.95. The van der Waals surface area contributed by atoms with E-state index in [1.165, 1.54) is 20.3 Å². The third-order valence-electron chi connectivity index (χ3n) is 3.71. The molecule has 0 N–H and O–H groups in total. The van der Waals surface area contributed by atoms with E-state index in [1.54, 1.807) is 36.4 Å². The molecule has 0 aliphatic carbocycles. The van der Waals surface area contributed by atoms with Crippen LogP contribution in [0.5, 0.6) is 11.5 Å². The van der Waals surface area contributed by atoms with Crippen LogP contribution in [0.2, 0.25) is 0 Å². The lowest BCUT2D eigenvalue weighted by Crippen LogP contribution is -2.08. The quantitative estimate of drug-likeness (QED) is 0.680. The van der Waals surface area contributed by atoms with Crippen molar-refractivity contribution in [2.45, 2.75) is 6.18 Å². The van der Waals surface area contributed by atoms with Gasteiger partial charge >= 0.3 is 6.18 Å². The maximum absolute atomic E-state index is 13.2. The zero-order chi connectivity index (χ0) is 17.3. The molecule has 0 aliphatic heterocycles. The van der Waals surface area contributed by atoms with Crippen molar-refractivity contribution in [1.29, 1.82) is 0 Å². The highest BCUT2D eigenvalue weighted by atomic mass is 19.4. The molecule has 1 aromatic heterocycles. The van der Waals surface area contributed by atoms with E-state index in [-0.39, 0.29) is 5.52 Å². The van der Waals surface area contributed by atoms with E-state index in [0.29, 0.717) is 28.0 Å². The molecule has 0 fully saturated rings. The minimum Gasteiger partial charge on any atom is -0.497 e. The average Bonchev–Trinajstić information content (AvgIpc) is 2.59. The van der Waals surface area contributed by atoms with Gasteiger partial charge < -0.3 is 9.47 Å². The molecule has 0 saturated heterocycles. The van der Waals surface area contributed by atoms with Crippen molar-refractivity contribution >= 4 is 10.9 Å². The Morgan fingerprint density at radius 1 is 0.833 bits per heavy atom. The number of fused-ring (bicyclic) bond motifs is 1. The van der Waals surface area contributed by atoms with Crippen molar-refractivity contribution in [3.63, 3.8) is 0 Å². The van der Waals surface area contributed by atoms with Crippen LogP contribution in [0, 0.1) is 0 Å². The second-order valence-electron chi connectivity index (χ2n) is 5.16. The molecule has 6 heteroatoms. The molecule has 2 aromatic carbocycles. The van der Waals surface area contributed by atoms with Gasteiger partial charge in [-0.15, -0.1) is 0 Å². The molecular formula is C18H14F3NO2. The van der Waals surface area contributed by atoms with Crippen LogP contribution in [0.15, 0.2) is 48.5 Å². The van der Waals surface area contributed by atoms with Crippen LogP contribution < -0.4 is 9.47 Å². The van der Waals surface area contributed by atoms with Crippen LogP contribution >= 0.6 is 0 Å². The molecule has 3 rings (SSSR count). The van der Waals surface area contributed by atoms with Gasteiger partial charge in [-0.3, -0.25) is 0 Å². The molecule has 0 amide bonds. The summed E-state index contributed by atoms with van der Waals surface area (Å²) in [6, 6.07) is 12.7. The molecule has 3 aromatic rings. The number of alkyl halides is 3. The van der Waals surface area contributed by atoms with Gasteiger partial charge in [0.25, 0.3) is 0 Å². The summed E-state index contributed by atoms with van der Waals surface area (Å²) in [5.41, 5.74) is 0.415. The summed E-state index contributed by atoms with van der Waals surface area (Å²) in [5, 5.41) is 0.590. The topological polar surface area (TPSA) is 31.4 Å². The minimum atomic E-state index is -4.52. The standard InChI is InChI=1S/C18H14F3NO2/c1-23-12-5-3-11(4-6-12)14-10-17(18(19,20)21)22-16-8-7-13(24-2)9-15(14)16/h3-10H,1-2H3. The van der Waals surface area contributed by atoms with Gasteiger partial charge in [0.05, 0.1) is 19.7 Å². The number of benzene rings is 2. The summed E-state index contributed by atoms with van der Waals surface area (Å²) in [4.78, 5) is 3.74. The van der Waals surface area contributed by atoms with Crippen molar-refractivity contribution < 1.29 is 22.6 Å². The fourth-order valence-corrected chi connectivity index (χ4v) is 2.49. The Bertz CT molecular complexity index is 874. The Hall–Kier alpha value is -2.76. The Balaban J connectivity index is 2.28. The van der Waals surface area contributed by atoms with Gasteiger partial charge in [-0.05, 0) is 47.5 Å². The number of aromatic nitrogens is 1. The first-order valence-electron chi connectivity index (χ1n) is 7.13. The van der Waals surface area contributed by atoms with Gasteiger partial charge in [-0.1, -0.05) is 12.1 Å². The van der Waals surface area contributed by atoms with Crippen molar-refractivity contribution in [3.05, 3.63) is 54.2 Å². The van der Waals surface area contributed by atoms with E-state index in [0.717, 1.165) is 6.07 Å². The van der Waals surface area contributed by atoms with Crippen LogP contribution in [0.1, 0.15) is 5.69 Å². The second-order valence-corrected chi connectivity index (χ2v) is 5.16. The number of hydrogen-bond acceptors (Lipinski definition) is 3. The van der Waals surface area contributed by atoms with Gasteiger partial charge in [0.15, 0.2) is 0 Å². The van der Waals surface area contributed by atoms with Crippen LogP contribution in [0.25, 0.3) is 22.0 Å². The predicted molar refractivity (Wildman–Crippen MR) is 85.3 cm³/mol. The zero-order valence-electron chi connectivity index (χ0n) is 13.0. The van der Waals surface area contributed by atoms with Crippen molar-refractivity contribution in [2.24, 2.45) is 0 Å². The van der Waals surface area contributed by atoms with E-state index in [9.17, 15) is 13.2 Å². The third-order valence-corrected chi connectivity index (χ3v) is 3.71. The number of rotatable bonds is 3.